The minimum absolute atomic E-state index is 0. The molecule has 14 heteroatoms. The second-order valence-corrected chi connectivity index (χ2v) is 12.1. The van der Waals surface area contributed by atoms with Gasteiger partial charge in [-0.15, -0.1) is 12.8 Å². The van der Waals surface area contributed by atoms with Gasteiger partial charge in [-0.05, 0) is 48.5 Å². The van der Waals surface area contributed by atoms with Crippen LogP contribution in [0.4, 0.5) is 23.0 Å². The van der Waals surface area contributed by atoms with Crippen molar-refractivity contribution < 1.29 is 37.9 Å². The molecule has 0 aliphatic carbocycles. The number of fused-ring (bicyclic) bond motifs is 2. The largest absolute Gasteiger partial charge is 0.487 e. The molecular weight excluding hydrogens is 753 g/mol. The number of aromatic nitrogens is 4. The molecule has 0 atom stereocenters. The third-order valence-corrected chi connectivity index (χ3v) is 8.17. The van der Waals surface area contributed by atoms with E-state index in [0.717, 1.165) is 44.3 Å². The monoisotopic (exact) mass is 802 g/mol. The van der Waals surface area contributed by atoms with Gasteiger partial charge in [-0.2, -0.15) is 0 Å². The number of nitrogens with one attached hydrogen (secondary N) is 2. The Morgan fingerprint density at radius 2 is 0.831 bits per heavy atom. The van der Waals surface area contributed by atoms with Gasteiger partial charge in [0.05, 0.1) is 37.5 Å². The molecule has 0 aliphatic heterocycles. The number of anilines is 4. The summed E-state index contributed by atoms with van der Waals surface area (Å²) in [7, 11) is 6.50. The van der Waals surface area contributed by atoms with E-state index in [1.165, 1.54) is 12.7 Å². The molecule has 308 valence electrons. The molecule has 0 spiro atoms. The Kier molecular flexibility index (Phi) is 18.4. The number of hydrogen-bond donors (Lipinski definition) is 2. The maximum absolute atomic E-state index is 5.86. The third-order valence-electron chi connectivity index (χ3n) is 8.17. The molecule has 0 saturated carbocycles. The van der Waals surface area contributed by atoms with Crippen LogP contribution in [0.1, 0.15) is 18.6 Å². The number of rotatable bonds is 20. The molecule has 0 bridgehead atoms. The Balaban J connectivity index is 0.000000256. The Hall–Kier alpha value is -6.68. The van der Waals surface area contributed by atoms with E-state index in [4.69, 9.17) is 50.7 Å². The minimum Gasteiger partial charge on any atom is -0.487 e. The lowest BCUT2D eigenvalue weighted by atomic mass is 10.2. The first-order valence-electron chi connectivity index (χ1n) is 18.2. The smallest absolute Gasteiger partial charge is 0.163 e. The van der Waals surface area contributed by atoms with Crippen molar-refractivity contribution in [2.45, 2.75) is 7.43 Å². The molecule has 0 fully saturated rings. The van der Waals surface area contributed by atoms with E-state index >= 15 is 0 Å². The van der Waals surface area contributed by atoms with Gasteiger partial charge >= 0.3 is 0 Å². The average molecular weight is 803 g/mol. The topological polar surface area (TPSA) is 149 Å². The number of nitrogens with zero attached hydrogens (tertiary/aromatic N) is 4. The van der Waals surface area contributed by atoms with Crippen molar-refractivity contribution in [3.63, 3.8) is 0 Å². The van der Waals surface area contributed by atoms with Crippen molar-refractivity contribution in [3.8, 4) is 47.7 Å². The number of terminal acetylenes is 2. The van der Waals surface area contributed by atoms with Gasteiger partial charge in [0.15, 0.2) is 23.0 Å². The highest BCUT2D eigenvalue weighted by Crippen LogP contribution is 2.36. The van der Waals surface area contributed by atoms with E-state index < -0.39 is 0 Å². The maximum atomic E-state index is 5.86. The number of hydrogen-bond acceptors (Lipinski definition) is 14. The summed E-state index contributed by atoms with van der Waals surface area (Å²) in [5.74, 6) is 8.89. The quantitative estimate of drug-likeness (QED) is 0.0581. The van der Waals surface area contributed by atoms with Crippen LogP contribution in [0.5, 0.6) is 23.0 Å². The summed E-state index contributed by atoms with van der Waals surface area (Å²) in [6, 6.07) is 22.5. The van der Waals surface area contributed by atoms with Crippen molar-refractivity contribution in [1.82, 2.24) is 19.9 Å². The van der Waals surface area contributed by atoms with Crippen LogP contribution < -0.4 is 29.6 Å². The van der Waals surface area contributed by atoms with Gasteiger partial charge in [-0.25, -0.2) is 19.9 Å². The van der Waals surface area contributed by atoms with Crippen LogP contribution >= 0.6 is 0 Å². The molecule has 4 aromatic carbocycles. The molecule has 14 nitrogen and oxygen atoms in total. The van der Waals surface area contributed by atoms with E-state index in [1.54, 1.807) is 28.4 Å². The lowest BCUT2D eigenvalue weighted by molar-refractivity contribution is 0.132. The van der Waals surface area contributed by atoms with Gasteiger partial charge in [0.1, 0.15) is 50.7 Å². The SMILES string of the molecule is C.C#Cc1cccc(Nc2ncnc3cc(OCCOC)c(OCCOC)cc23)c1.C#Cc1cccc(Nc2ncnc3cc(OCCOC)c(OCCOC)cc23)c1. The van der Waals surface area contributed by atoms with E-state index in [-0.39, 0.29) is 7.43 Å². The van der Waals surface area contributed by atoms with Gasteiger partial charge in [0.2, 0.25) is 0 Å². The number of ether oxygens (including phenoxy) is 8. The highest BCUT2D eigenvalue weighted by Gasteiger charge is 2.15. The van der Waals surface area contributed by atoms with Crippen LogP contribution in [0.3, 0.4) is 0 Å². The summed E-state index contributed by atoms with van der Waals surface area (Å²) in [5, 5.41) is 8.19. The molecule has 0 unspecified atom stereocenters. The fraction of sp³-hybridized carbons (Fsp3) is 0.289. The third kappa shape index (κ3) is 13.2. The molecular formula is C45H50N6O8. The van der Waals surface area contributed by atoms with Crippen LogP contribution in [0, 0.1) is 24.7 Å². The van der Waals surface area contributed by atoms with Crippen LogP contribution in [0.15, 0.2) is 85.5 Å². The molecule has 0 amide bonds. The second-order valence-electron chi connectivity index (χ2n) is 12.1. The van der Waals surface area contributed by atoms with E-state index in [2.05, 4.69) is 42.4 Å². The molecule has 6 rings (SSSR count). The zero-order chi connectivity index (χ0) is 41.0. The molecule has 59 heavy (non-hydrogen) atoms. The Bertz CT molecular complexity index is 2170. The van der Waals surface area contributed by atoms with Gasteiger partial charge < -0.3 is 48.5 Å². The van der Waals surface area contributed by atoms with Crippen molar-refractivity contribution in [1.29, 1.82) is 0 Å². The van der Waals surface area contributed by atoms with E-state index in [9.17, 15) is 0 Å². The molecule has 6 aromatic rings. The summed E-state index contributed by atoms with van der Waals surface area (Å²) in [5.41, 5.74) is 4.69. The Morgan fingerprint density at radius 1 is 0.475 bits per heavy atom. The summed E-state index contributed by atoms with van der Waals surface area (Å²) < 4.78 is 43.6. The lowest BCUT2D eigenvalue weighted by Crippen LogP contribution is -2.09. The first-order chi connectivity index (χ1) is 28.5. The predicted molar refractivity (Wildman–Crippen MR) is 231 cm³/mol. The summed E-state index contributed by atoms with van der Waals surface area (Å²) >= 11 is 0. The van der Waals surface area contributed by atoms with E-state index in [0.29, 0.717) is 87.5 Å². The van der Waals surface area contributed by atoms with Crippen LogP contribution in [0.2, 0.25) is 0 Å². The average Bonchev–Trinajstić information content (AvgIpc) is 3.25. The molecule has 2 aromatic heterocycles. The predicted octanol–water partition coefficient (Wildman–Crippen LogP) is 7.45. The van der Waals surface area contributed by atoms with Crippen LogP contribution in [-0.4, -0.2) is 101 Å². The summed E-state index contributed by atoms with van der Waals surface area (Å²) in [6.45, 7) is 3.45. The molecule has 0 radical (unpaired) electrons. The van der Waals surface area contributed by atoms with Crippen LogP contribution in [-0.2, 0) is 18.9 Å². The molecule has 0 saturated heterocycles. The normalized spacial score (nSPS) is 10.3. The van der Waals surface area contributed by atoms with Gasteiger partial charge in [0.25, 0.3) is 0 Å². The van der Waals surface area contributed by atoms with Gasteiger partial charge in [-0.3, -0.25) is 0 Å². The number of methoxy groups -OCH3 is 4. The first-order valence-corrected chi connectivity index (χ1v) is 18.2. The second kappa shape index (κ2) is 24.2. The maximum Gasteiger partial charge on any atom is 0.163 e. The van der Waals surface area contributed by atoms with Crippen LogP contribution in [0.25, 0.3) is 21.8 Å². The van der Waals surface area contributed by atoms with Gasteiger partial charge in [-0.1, -0.05) is 31.4 Å². The Morgan fingerprint density at radius 3 is 1.17 bits per heavy atom. The summed E-state index contributed by atoms with van der Waals surface area (Å²) in [4.78, 5) is 17.5. The standard InChI is InChI=1S/2C22H23N3O4.CH4/c2*1-4-16-6-5-7-17(12-16)25-22-18-13-20(28-10-8-26-2)21(29-11-9-27-3)14-19(18)23-15-24-22;/h2*1,5-7,12-15H,8-11H2,2-3H3,(H,23,24,25);1H4. The zero-order valence-electron chi connectivity index (χ0n) is 32.9. The molecule has 2 heterocycles. The van der Waals surface area contributed by atoms with E-state index in [1.807, 2.05) is 72.8 Å². The van der Waals surface area contributed by atoms with Crippen molar-refractivity contribution in [2.75, 3.05) is 91.9 Å². The first kappa shape index (κ1) is 45.0. The Labute approximate surface area is 345 Å². The van der Waals surface area contributed by atoms with Crippen molar-refractivity contribution in [2.24, 2.45) is 0 Å². The fourth-order valence-corrected chi connectivity index (χ4v) is 5.37. The van der Waals surface area contributed by atoms with Gasteiger partial charge in [0, 0.05) is 73.8 Å². The lowest BCUT2D eigenvalue weighted by Gasteiger charge is -2.15. The minimum atomic E-state index is 0. The fourth-order valence-electron chi connectivity index (χ4n) is 5.37. The number of benzene rings is 4. The van der Waals surface area contributed by atoms with Crippen molar-refractivity contribution >= 4 is 44.8 Å². The summed E-state index contributed by atoms with van der Waals surface area (Å²) in [6.07, 6.45) is 14.0. The highest BCUT2D eigenvalue weighted by atomic mass is 16.6. The highest BCUT2D eigenvalue weighted by molar-refractivity contribution is 5.94. The van der Waals surface area contributed by atoms with Crippen molar-refractivity contribution in [3.05, 3.63) is 96.6 Å². The molecule has 2 N–H and O–H groups in total. The molecule has 0 aliphatic rings. The zero-order valence-corrected chi connectivity index (χ0v) is 32.9.